The van der Waals surface area contributed by atoms with Gasteiger partial charge in [-0.1, -0.05) is 0 Å². The SMILES string of the molecule is CN1CCN(CC#N)C(=O)C12CCN(C(=O)CCc1cncnc1)CC2. The van der Waals surface area contributed by atoms with Gasteiger partial charge in [-0.25, -0.2) is 9.97 Å². The van der Waals surface area contributed by atoms with Crippen molar-refractivity contribution in [3.8, 4) is 6.07 Å². The first-order valence-electron chi connectivity index (χ1n) is 8.96. The van der Waals surface area contributed by atoms with Crippen LogP contribution in [0, 0.1) is 11.3 Å². The van der Waals surface area contributed by atoms with E-state index in [-0.39, 0.29) is 18.4 Å². The Bertz CT molecular complexity index is 693. The Kier molecular flexibility index (Phi) is 5.47. The lowest BCUT2D eigenvalue weighted by Gasteiger charge is -2.51. The molecular weight excluding hydrogens is 332 g/mol. The smallest absolute Gasteiger partial charge is 0.244 e. The van der Waals surface area contributed by atoms with E-state index < -0.39 is 5.54 Å². The molecule has 8 heteroatoms. The first-order chi connectivity index (χ1) is 12.6. The maximum atomic E-state index is 12.9. The van der Waals surface area contributed by atoms with Gasteiger partial charge in [-0.05, 0) is 31.9 Å². The number of carbonyl (C=O) groups excluding carboxylic acids is 2. The highest BCUT2D eigenvalue weighted by atomic mass is 16.2. The fraction of sp³-hybridized carbons (Fsp3) is 0.611. The van der Waals surface area contributed by atoms with Crippen molar-refractivity contribution in [3.63, 3.8) is 0 Å². The number of nitrogens with zero attached hydrogens (tertiary/aromatic N) is 6. The molecule has 0 unspecified atom stereocenters. The van der Waals surface area contributed by atoms with Crippen LogP contribution < -0.4 is 0 Å². The molecule has 2 amide bonds. The van der Waals surface area contributed by atoms with Crippen molar-refractivity contribution >= 4 is 11.8 Å². The number of hydrogen-bond acceptors (Lipinski definition) is 6. The van der Waals surface area contributed by atoms with Gasteiger partial charge in [-0.15, -0.1) is 0 Å². The molecule has 8 nitrogen and oxygen atoms in total. The maximum absolute atomic E-state index is 12.9. The van der Waals surface area contributed by atoms with E-state index in [9.17, 15) is 9.59 Å². The number of nitriles is 1. The molecule has 0 radical (unpaired) electrons. The van der Waals surface area contributed by atoms with Crippen molar-refractivity contribution in [3.05, 3.63) is 24.3 Å². The number of hydrogen-bond donors (Lipinski definition) is 0. The van der Waals surface area contributed by atoms with Crippen molar-refractivity contribution in [2.24, 2.45) is 0 Å². The normalized spacial score (nSPS) is 20.2. The van der Waals surface area contributed by atoms with Gasteiger partial charge in [0.25, 0.3) is 0 Å². The minimum Gasteiger partial charge on any atom is -0.343 e. The summed E-state index contributed by atoms with van der Waals surface area (Å²) < 4.78 is 0. The molecule has 0 aliphatic carbocycles. The van der Waals surface area contributed by atoms with Crippen LogP contribution in [-0.2, 0) is 16.0 Å². The van der Waals surface area contributed by atoms with E-state index in [1.165, 1.54) is 6.33 Å². The van der Waals surface area contributed by atoms with Crippen molar-refractivity contribution in [1.29, 1.82) is 5.26 Å². The molecule has 3 heterocycles. The Labute approximate surface area is 153 Å². The van der Waals surface area contributed by atoms with Crippen LogP contribution in [-0.4, -0.2) is 81.8 Å². The number of likely N-dealkylation sites (tertiary alicyclic amines) is 1. The number of amides is 2. The summed E-state index contributed by atoms with van der Waals surface area (Å²) in [5.74, 6) is 0.129. The predicted molar refractivity (Wildman–Crippen MR) is 93.7 cm³/mol. The maximum Gasteiger partial charge on any atom is 0.244 e. The van der Waals surface area contributed by atoms with E-state index in [1.54, 1.807) is 17.3 Å². The Balaban J connectivity index is 1.58. The molecule has 2 aliphatic heterocycles. The summed E-state index contributed by atoms with van der Waals surface area (Å²) in [6, 6.07) is 2.08. The van der Waals surface area contributed by atoms with Gasteiger partial charge < -0.3 is 9.80 Å². The van der Waals surface area contributed by atoms with Crippen LogP contribution in [0.15, 0.2) is 18.7 Å². The number of rotatable bonds is 4. The van der Waals surface area contributed by atoms with Gasteiger partial charge in [0.2, 0.25) is 11.8 Å². The molecule has 0 bridgehead atoms. The third-order valence-electron chi connectivity index (χ3n) is 5.57. The Morgan fingerprint density at radius 2 is 1.92 bits per heavy atom. The first-order valence-corrected chi connectivity index (χ1v) is 8.96. The van der Waals surface area contributed by atoms with Crippen LogP contribution in [0.4, 0.5) is 0 Å². The molecule has 3 rings (SSSR count). The zero-order chi connectivity index (χ0) is 18.6. The summed E-state index contributed by atoms with van der Waals surface area (Å²) in [6.07, 6.45) is 7.20. The molecule has 138 valence electrons. The zero-order valence-electron chi connectivity index (χ0n) is 15.1. The number of piperidine rings is 1. The van der Waals surface area contributed by atoms with Gasteiger partial charge in [-0.3, -0.25) is 14.5 Å². The van der Waals surface area contributed by atoms with E-state index in [1.807, 2.05) is 11.9 Å². The van der Waals surface area contributed by atoms with Gasteiger partial charge in [-0.2, -0.15) is 5.26 Å². The lowest BCUT2D eigenvalue weighted by molar-refractivity contribution is -0.155. The van der Waals surface area contributed by atoms with E-state index in [0.717, 1.165) is 12.1 Å². The standard InChI is InChI=1S/C18H24N6O2/c1-22-10-11-24(9-6-19)17(26)18(22)4-7-23(8-5-18)16(25)3-2-15-12-20-14-21-13-15/h12-14H,2-5,7-11H2,1H3. The molecule has 1 aromatic rings. The minimum absolute atomic E-state index is 0.0290. The lowest BCUT2D eigenvalue weighted by Crippen LogP contribution is -2.68. The average molecular weight is 356 g/mol. The summed E-state index contributed by atoms with van der Waals surface area (Å²) in [5, 5.41) is 8.94. The molecule has 1 spiro atoms. The summed E-state index contributed by atoms with van der Waals surface area (Å²) in [4.78, 5) is 38.9. The second-order valence-electron chi connectivity index (χ2n) is 6.97. The Morgan fingerprint density at radius 3 is 2.58 bits per heavy atom. The van der Waals surface area contributed by atoms with Gasteiger partial charge >= 0.3 is 0 Å². The fourth-order valence-corrected chi connectivity index (χ4v) is 3.87. The van der Waals surface area contributed by atoms with E-state index >= 15 is 0 Å². The van der Waals surface area contributed by atoms with E-state index in [0.29, 0.717) is 45.3 Å². The van der Waals surface area contributed by atoms with Crippen molar-refractivity contribution in [2.75, 3.05) is 39.8 Å². The van der Waals surface area contributed by atoms with Crippen molar-refractivity contribution in [1.82, 2.24) is 24.7 Å². The molecule has 0 saturated carbocycles. The summed E-state index contributed by atoms with van der Waals surface area (Å²) in [5.41, 5.74) is 0.378. The molecular formula is C18H24N6O2. The van der Waals surface area contributed by atoms with Gasteiger partial charge in [0.1, 0.15) is 18.4 Å². The summed E-state index contributed by atoms with van der Waals surface area (Å²) in [7, 11) is 1.97. The Morgan fingerprint density at radius 1 is 1.23 bits per heavy atom. The third-order valence-corrected chi connectivity index (χ3v) is 5.57. The second kappa shape index (κ2) is 7.79. The Hall–Kier alpha value is -2.53. The molecule has 26 heavy (non-hydrogen) atoms. The van der Waals surface area contributed by atoms with Crippen molar-refractivity contribution in [2.45, 2.75) is 31.2 Å². The van der Waals surface area contributed by atoms with E-state index in [4.69, 9.17) is 5.26 Å². The molecule has 0 N–H and O–H groups in total. The largest absolute Gasteiger partial charge is 0.343 e. The van der Waals surface area contributed by atoms with E-state index in [2.05, 4.69) is 20.9 Å². The van der Waals surface area contributed by atoms with Crippen molar-refractivity contribution < 1.29 is 9.59 Å². The van der Waals surface area contributed by atoms with Gasteiger partial charge in [0.15, 0.2) is 0 Å². The molecule has 2 saturated heterocycles. The molecule has 2 fully saturated rings. The predicted octanol–water partition coefficient (Wildman–Crippen LogP) is 0.0680. The molecule has 1 aromatic heterocycles. The topological polar surface area (TPSA) is 93.4 Å². The molecule has 0 aromatic carbocycles. The highest BCUT2D eigenvalue weighted by Gasteiger charge is 2.49. The van der Waals surface area contributed by atoms with Gasteiger partial charge in [0, 0.05) is 45.0 Å². The van der Waals surface area contributed by atoms with Crippen LogP contribution in [0.25, 0.3) is 0 Å². The fourth-order valence-electron chi connectivity index (χ4n) is 3.87. The van der Waals surface area contributed by atoms with Crippen LogP contribution >= 0.6 is 0 Å². The number of piperazine rings is 1. The highest BCUT2D eigenvalue weighted by Crippen LogP contribution is 2.33. The first kappa shape index (κ1) is 18.3. The monoisotopic (exact) mass is 356 g/mol. The number of likely N-dealkylation sites (N-methyl/N-ethyl adjacent to an activating group) is 1. The molecule has 2 aliphatic rings. The number of aryl methyl sites for hydroxylation is 1. The van der Waals surface area contributed by atoms with Crippen LogP contribution in [0.3, 0.4) is 0 Å². The second-order valence-corrected chi connectivity index (χ2v) is 6.97. The average Bonchev–Trinajstić information content (AvgIpc) is 2.68. The summed E-state index contributed by atoms with van der Waals surface area (Å²) >= 11 is 0. The van der Waals surface area contributed by atoms with Crippen LogP contribution in [0.1, 0.15) is 24.8 Å². The minimum atomic E-state index is -0.570. The number of aromatic nitrogens is 2. The summed E-state index contributed by atoms with van der Waals surface area (Å²) in [6.45, 7) is 2.62. The van der Waals surface area contributed by atoms with Crippen LogP contribution in [0.2, 0.25) is 0 Å². The zero-order valence-corrected chi connectivity index (χ0v) is 15.1. The van der Waals surface area contributed by atoms with Gasteiger partial charge in [0.05, 0.1) is 6.07 Å². The molecule has 0 atom stereocenters. The highest BCUT2D eigenvalue weighted by molar-refractivity contribution is 5.88. The third kappa shape index (κ3) is 3.53. The quantitative estimate of drug-likeness (QED) is 0.709. The number of carbonyl (C=O) groups is 2. The van der Waals surface area contributed by atoms with Crippen LogP contribution in [0.5, 0.6) is 0 Å². The lowest BCUT2D eigenvalue weighted by atomic mass is 9.82.